The molecule has 1 fully saturated rings. The summed E-state index contributed by atoms with van der Waals surface area (Å²) in [7, 11) is 0. The maximum atomic E-state index is 12.4. The fraction of sp³-hybridized carbons (Fsp3) is 0.562. The molecule has 1 aromatic rings. The minimum absolute atomic E-state index is 0.186. The molecule has 1 atom stereocenters. The quantitative estimate of drug-likeness (QED) is 0.828. The molecule has 3 heteroatoms. The van der Waals surface area contributed by atoms with E-state index in [-0.39, 0.29) is 5.97 Å². The van der Waals surface area contributed by atoms with Crippen molar-refractivity contribution >= 4 is 5.97 Å². The van der Waals surface area contributed by atoms with Crippen LogP contribution in [0, 0.1) is 13.8 Å². The number of hydrogen-bond acceptors (Lipinski definition) is 3. The predicted molar refractivity (Wildman–Crippen MR) is 76.1 cm³/mol. The van der Waals surface area contributed by atoms with E-state index in [1.54, 1.807) is 0 Å². The first-order valence-electron chi connectivity index (χ1n) is 7.00. The Hall–Kier alpha value is -1.35. The van der Waals surface area contributed by atoms with E-state index in [4.69, 9.17) is 4.74 Å². The average molecular weight is 261 g/mol. The molecule has 3 nitrogen and oxygen atoms in total. The van der Waals surface area contributed by atoms with Gasteiger partial charge in [-0.2, -0.15) is 0 Å². The summed E-state index contributed by atoms with van der Waals surface area (Å²) in [4.78, 5) is 12.4. The van der Waals surface area contributed by atoms with Gasteiger partial charge in [-0.1, -0.05) is 23.8 Å². The lowest BCUT2D eigenvalue weighted by Gasteiger charge is -2.30. The Bertz CT molecular complexity index is 480. The molecule has 1 aliphatic rings. The van der Waals surface area contributed by atoms with Gasteiger partial charge in [-0.25, -0.2) is 4.79 Å². The number of nitrogens with one attached hydrogen (secondary N) is 1. The zero-order valence-electron chi connectivity index (χ0n) is 12.2. The number of rotatable bonds is 5. The van der Waals surface area contributed by atoms with Gasteiger partial charge in [0, 0.05) is 6.04 Å². The first-order valence-corrected chi connectivity index (χ1v) is 7.00. The van der Waals surface area contributed by atoms with Crippen LogP contribution in [0.3, 0.4) is 0 Å². The first kappa shape index (κ1) is 14.1. The van der Waals surface area contributed by atoms with Crippen molar-refractivity contribution in [3.8, 4) is 0 Å². The minimum atomic E-state index is -0.741. The molecular formula is C16H23NO2. The molecule has 0 spiro atoms. The Morgan fingerprint density at radius 3 is 2.63 bits per heavy atom. The van der Waals surface area contributed by atoms with Gasteiger partial charge in [0.05, 0.1) is 6.61 Å². The highest BCUT2D eigenvalue weighted by molar-refractivity contribution is 5.83. The molecule has 19 heavy (non-hydrogen) atoms. The number of esters is 1. The van der Waals surface area contributed by atoms with E-state index < -0.39 is 5.54 Å². The molecule has 0 aliphatic heterocycles. The summed E-state index contributed by atoms with van der Waals surface area (Å²) >= 11 is 0. The zero-order chi connectivity index (χ0) is 14.0. The van der Waals surface area contributed by atoms with E-state index in [0.717, 1.165) is 24.0 Å². The van der Waals surface area contributed by atoms with E-state index in [9.17, 15) is 4.79 Å². The van der Waals surface area contributed by atoms with Crippen LogP contribution in [0.1, 0.15) is 43.4 Å². The monoisotopic (exact) mass is 261 g/mol. The van der Waals surface area contributed by atoms with E-state index in [1.165, 1.54) is 5.56 Å². The van der Waals surface area contributed by atoms with Crippen LogP contribution >= 0.6 is 0 Å². The number of ether oxygens (including phenoxy) is 1. The third-order valence-electron chi connectivity index (χ3n) is 3.67. The average Bonchev–Trinajstić information content (AvgIpc) is 3.12. The molecule has 0 heterocycles. The highest BCUT2D eigenvalue weighted by Crippen LogP contribution is 2.31. The smallest absolute Gasteiger partial charge is 0.330 e. The van der Waals surface area contributed by atoms with Crippen LogP contribution in [-0.4, -0.2) is 18.6 Å². The fourth-order valence-electron chi connectivity index (χ4n) is 2.53. The van der Waals surface area contributed by atoms with Gasteiger partial charge in [0.15, 0.2) is 0 Å². The maximum Gasteiger partial charge on any atom is 0.330 e. The second-order valence-corrected chi connectivity index (χ2v) is 5.58. The SMILES string of the molecule is CCOC(=O)C(C)(NC1CC1)c1ccc(C)cc1C. The molecule has 1 aliphatic carbocycles. The van der Waals surface area contributed by atoms with Crippen LogP contribution in [0.25, 0.3) is 0 Å². The third-order valence-corrected chi connectivity index (χ3v) is 3.67. The molecule has 0 radical (unpaired) electrons. The summed E-state index contributed by atoms with van der Waals surface area (Å²) in [5.74, 6) is -0.186. The number of benzene rings is 1. The Morgan fingerprint density at radius 2 is 2.11 bits per heavy atom. The van der Waals surface area contributed by atoms with Crippen LogP contribution in [0.2, 0.25) is 0 Å². The lowest BCUT2D eigenvalue weighted by molar-refractivity contribution is -0.151. The highest BCUT2D eigenvalue weighted by Gasteiger charge is 2.41. The summed E-state index contributed by atoms with van der Waals surface area (Å²) in [6.07, 6.45) is 2.28. The lowest BCUT2D eigenvalue weighted by Crippen LogP contribution is -2.49. The Morgan fingerprint density at radius 1 is 1.42 bits per heavy atom. The minimum Gasteiger partial charge on any atom is -0.464 e. The van der Waals surface area contributed by atoms with E-state index >= 15 is 0 Å². The number of carbonyl (C=O) groups is 1. The van der Waals surface area contributed by atoms with Crippen molar-refractivity contribution in [3.63, 3.8) is 0 Å². The van der Waals surface area contributed by atoms with Gasteiger partial charge >= 0.3 is 5.97 Å². The van der Waals surface area contributed by atoms with Crippen molar-refractivity contribution in [3.05, 3.63) is 34.9 Å². The molecule has 0 amide bonds. The van der Waals surface area contributed by atoms with Crippen molar-refractivity contribution in [1.82, 2.24) is 5.32 Å². The summed E-state index contributed by atoms with van der Waals surface area (Å²) in [5.41, 5.74) is 2.61. The fourth-order valence-corrected chi connectivity index (χ4v) is 2.53. The van der Waals surface area contributed by atoms with Gasteiger partial charge in [0.1, 0.15) is 5.54 Å². The van der Waals surface area contributed by atoms with E-state index in [0.29, 0.717) is 12.6 Å². The van der Waals surface area contributed by atoms with Crippen LogP contribution in [0.15, 0.2) is 18.2 Å². The zero-order valence-corrected chi connectivity index (χ0v) is 12.2. The highest BCUT2D eigenvalue weighted by atomic mass is 16.5. The number of aryl methyl sites for hydroxylation is 2. The maximum absolute atomic E-state index is 12.4. The summed E-state index contributed by atoms with van der Waals surface area (Å²) in [6, 6.07) is 6.64. The lowest BCUT2D eigenvalue weighted by atomic mass is 9.87. The third kappa shape index (κ3) is 2.98. The predicted octanol–water partition coefficient (Wildman–Crippen LogP) is 2.83. The number of carbonyl (C=O) groups excluding carboxylic acids is 1. The molecule has 1 saturated carbocycles. The van der Waals surface area contributed by atoms with Crippen LogP contribution in [-0.2, 0) is 15.1 Å². The second-order valence-electron chi connectivity index (χ2n) is 5.58. The largest absolute Gasteiger partial charge is 0.464 e. The van der Waals surface area contributed by atoms with Gasteiger partial charge in [-0.15, -0.1) is 0 Å². The molecule has 0 bridgehead atoms. The Balaban J connectivity index is 2.37. The Kier molecular flexibility index (Phi) is 3.95. The van der Waals surface area contributed by atoms with Gasteiger partial charge in [-0.05, 0) is 51.7 Å². The Labute approximate surface area is 115 Å². The van der Waals surface area contributed by atoms with Crippen molar-refractivity contribution < 1.29 is 9.53 Å². The standard InChI is InChI=1S/C16H23NO2/c1-5-19-15(18)16(4,17-13-7-8-13)14-9-6-11(2)10-12(14)3/h6,9-10,13,17H,5,7-8H2,1-4H3. The van der Waals surface area contributed by atoms with Crippen molar-refractivity contribution in [2.45, 2.75) is 52.1 Å². The molecule has 1 unspecified atom stereocenters. The first-order chi connectivity index (χ1) is 8.97. The molecular weight excluding hydrogens is 238 g/mol. The topological polar surface area (TPSA) is 38.3 Å². The molecule has 1 N–H and O–H groups in total. The van der Waals surface area contributed by atoms with Crippen LogP contribution < -0.4 is 5.32 Å². The molecule has 0 saturated heterocycles. The van der Waals surface area contributed by atoms with Crippen LogP contribution in [0.5, 0.6) is 0 Å². The summed E-state index contributed by atoms with van der Waals surface area (Å²) in [6.45, 7) is 8.30. The van der Waals surface area contributed by atoms with Gasteiger partial charge in [-0.3, -0.25) is 5.32 Å². The van der Waals surface area contributed by atoms with E-state index in [1.807, 2.05) is 32.9 Å². The van der Waals surface area contributed by atoms with Crippen molar-refractivity contribution in [1.29, 1.82) is 0 Å². The van der Waals surface area contributed by atoms with Crippen molar-refractivity contribution in [2.24, 2.45) is 0 Å². The molecule has 2 rings (SSSR count). The van der Waals surface area contributed by atoms with Gasteiger partial charge in [0.25, 0.3) is 0 Å². The normalized spacial score (nSPS) is 17.9. The summed E-state index contributed by atoms with van der Waals surface area (Å²) < 4.78 is 5.27. The van der Waals surface area contributed by atoms with Gasteiger partial charge < -0.3 is 4.74 Å². The van der Waals surface area contributed by atoms with Gasteiger partial charge in [0.2, 0.25) is 0 Å². The summed E-state index contributed by atoms with van der Waals surface area (Å²) in [5, 5.41) is 3.45. The molecule has 0 aromatic heterocycles. The van der Waals surface area contributed by atoms with Crippen molar-refractivity contribution in [2.75, 3.05) is 6.61 Å². The van der Waals surface area contributed by atoms with Crippen LogP contribution in [0.4, 0.5) is 0 Å². The second kappa shape index (κ2) is 5.33. The van der Waals surface area contributed by atoms with E-state index in [2.05, 4.69) is 18.3 Å². The molecule has 1 aromatic carbocycles. The number of hydrogen-bond donors (Lipinski definition) is 1. The molecule has 104 valence electrons.